The smallest absolute Gasteiger partial charge is 0.329 e. The monoisotopic (exact) mass is 323 g/mol. The molecule has 3 N–H and O–H groups in total. The number of benzene rings is 1. The first kappa shape index (κ1) is 17.7. The summed E-state index contributed by atoms with van der Waals surface area (Å²) in [6.45, 7) is 5.31. The minimum absolute atomic E-state index is 0.0850. The van der Waals surface area contributed by atoms with Crippen molar-refractivity contribution in [1.82, 2.24) is 0 Å². The predicted molar refractivity (Wildman–Crippen MR) is 86.7 cm³/mol. The van der Waals surface area contributed by atoms with Crippen LogP contribution in [0, 0.1) is 5.92 Å². The zero-order valence-corrected chi connectivity index (χ0v) is 13.6. The number of aliphatic hydroxyl groups is 2. The zero-order chi connectivity index (χ0) is 17.0. The lowest BCUT2D eigenvalue weighted by Crippen LogP contribution is -2.51. The van der Waals surface area contributed by atoms with Gasteiger partial charge in [0.1, 0.15) is 6.61 Å². The molecule has 0 heterocycles. The molecule has 0 bridgehead atoms. The number of nitrogens with zero attached hydrogens (tertiary/aromatic N) is 1. The SMILES string of the molecule is CCN(CCOCC(=O)O)c1ccc(C2C(O)C(C)C2O)cc1. The zero-order valence-electron chi connectivity index (χ0n) is 13.6. The minimum Gasteiger partial charge on any atom is -0.480 e. The molecule has 1 aromatic rings. The summed E-state index contributed by atoms with van der Waals surface area (Å²) < 4.78 is 5.07. The van der Waals surface area contributed by atoms with Gasteiger partial charge in [-0.2, -0.15) is 0 Å². The van der Waals surface area contributed by atoms with Crippen molar-refractivity contribution in [3.8, 4) is 0 Å². The lowest BCUT2D eigenvalue weighted by atomic mass is 9.67. The summed E-state index contributed by atoms with van der Waals surface area (Å²) in [5.41, 5.74) is 1.94. The third kappa shape index (κ3) is 4.02. The van der Waals surface area contributed by atoms with Crippen molar-refractivity contribution < 1.29 is 24.9 Å². The van der Waals surface area contributed by atoms with Gasteiger partial charge in [-0.3, -0.25) is 0 Å². The third-order valence-electron chi connectivity index (χ3n) is 4.57. The summed E-state index contributed by atoms with van der Waals surface area (Å²) in [7, 11) is 0. The van der Waals surface area contributed by atoms with E-state index in [0.717, 1.165) is 17.8 Å². The van der Waals surface area contributed by atoms with E-state index in [1.165, 1.54) is 0 Å². The Bertz CT molecular complexity index is 508. The number of aliphatic hydroxyl groups excluding tert-OH is 2. The van der Waals surface area contributed by atoms with Crippen LogP contribution in [0.3, 0.4) is 0 Å². The van der Waals surface area contributed by atoms with Crippen LogP contribution in [0.4, 0.5) is 5.69 Å². The Morgan fingerprint density at radius 3 is 2.35 bits per heavy atom. The largest absolute Gasteiger partial charge is 0.480 e. The predicted octanol–water partition coefficient (Wildman–Crippen LogP) is 1.07. The number of likely N-dealkylation sites (N-methyl/N-ethyl adjacent to an activating group) is 1. The highest BCUT2D eigenvalue weighted by Crippen LogP contribution is 2.42. The van der Waals surface area contributed by atoms with Crippen molar-refractivity contribution in [3.05, 3.63) is 29.8 Å². The maximum atomic E-state index is 10.4. The molecular weight excluding hydrogens is 298 g/mol. The van der Waals surface area contributed by atoms with Gasteiger partial charge in [-0.1, -0.05) is 19.1 Å². The van der Waals surface area contributed by atoms with Crippen molar-refractivity contribution >= 4 is 11.7 Å². The van der Waals surface area contributed by atoms with Crippen LogP contribution in [0.1, 0.15) is 25.3 Å². The third-order valence-corrected chi connectivity index (χ3v) is 4.57. The fourth-order valence-electron chi connectivity index (χ4n) is 3.02. The average Bonchev–Trinajstić information content (AvgIpc) is 2.55. The van der Waals surface area contributed by atoms with E-state index in [4.69, 9.17) is 9.84 Å². The molecule has 0 aliphatic heterocycles. The first-order valence-corrected chi connectivity index (χ1v) is 7.96. The van der Waals surface area contributed by atoms with E-state index in [-0.39, 0.29) is 18.4 Å². The topological polar surface area (TPSA) is 90.2 Å². The van der Waals surface area contributed by atoms with E-state index in [2.05, 4.69) is 4.90 Å². The van der Waals surface area contributed by atoms with Gasteiger partial charge in [-0.25, -0.2) is 4.79 Å². The molecule has 1 aliphatic carbocycles. The van der Waals surface area contributed by atoms with Crippen LogP contribution >= 0.6 is 0 Å². The number of rotatable bonds is 8. The number of hydrogen-bond donors (Lipinski definition) is 3. The average molecular weight is 323 g/mol. The van der Waals surface area contributed by atoms with Crippen LogP contribution in [0.5, 0.6) is 0 Å². The first-order valence-electron chi connectivity index (χ1n) is 7.96. The second-order valence-electron chi connectivity index (χ2n) is 5.98. The van der Waals surface area contributed by atoms with Crippen molar-refractivity contribution in [2.45, 2.75) is 32.0 Å². The number of ether oxygens (including phenoxy) is 1. The van der Waals surface area contributed by atoms with Crippen LogP contribution in [-0.2, 0) is 9.53 Å². The minimum atomic E-state index is -0.968. The van der Waals surface area contributed by atoms with E-state index in [1.807, 2.05) is 38.1 Å². The Labute approximate surface area is 136 Å². The Kier molecular flexibility index (Phi) is 5.98. The molecule has 23 heavy (non-hydrogen) atoms. The van der Waals surface area contributed by atoms with Gasteiger partial charge < -0.3 is 25.0 Å². The van der Waals surface area contributed by atoms with E-state index in [0.29, 0.717) is 13.2 Å². The molecule has 2 unspecified atom stereocenters. The molecule has 1 aromatic carbocycles. The molecular formula is C17H25NO5. The number of aliphatic carboxylic acids is 1. The van der Waals surface area contributed by atoms with Gasteiger partial charge in [0, 0.05) is 30.6 Å². The number of carbonyl (C=O) groups is 1. The fourth-order valence-corrected chi connectivity index (χ4v) is 3.02. The molecule has 1 aliphatic rings. The molecule has 2 atom stereocenters. The van der Waals surface area contributed by atoms with Gasteiger partial charge in [0.15, 0.2) is 0 Å². The lowest BCUT2D eigenvalue weighted by Gasteiger charge is -2.45. The molecule has 0 amide bonds. The van der Waals surface area contributed by atoms with E-state index >= 15 is 0 Å². The molecule has 1 fully saturated rings. The maximum Gasteiger partial charge on any atom is 0.329 e. The summed E-state index contributed by atoms with van der Waals surface area (Å²) in [6, 6.07) is 7.77. The molecule has 6 nitrogen and oxygen atoms in total. The number of carboxylic acids is 1. The summed E-state index contributed by atoms with van der Waals surface area (Å²) in [6.07, 6.45) is -0.995. The van der Waals surface area contributed by atoms with Gasteiger partial charge in [-0.05, 0) is 24.6 Å². The highest BCUT2D eigenvalue weighted by molar-refractivity contribution is 5.68. The molecule has 128 valence electrons. The van der Waals surface area contributed by atoms with Gasteiger partial charge in [-0.15, -0.1) is 0 Å². The second kappa shape index (κ2) is 7.77. The Balaban J connectivity index is 1.93. The molecule has 2 rings (SSSR count). The van der Waals surface area contributed by atoms with Crippen molar-refractivity contribution in [1.29, 1.82) is 0 Å². The quantitative estimate of drug-likeness (QED) is 0.620. The summed E-state index contributed by atoms with van der Waals surface area (Å²) >= 11 is 0. The molecule has 0 aromatic heterocycles. The van der Waals surface area contributed by atoms with Gasteiger partial charge in [0.2, 0.25) is 0 Å². The van der Waals surface area contributed by atoms with Gasteiger partial charge in [0.25, 0.3) is 0 Å². The molecule has 0 radical (unpaired) electrons. The Morgan fingerprint density at radius 2 is 1.83 bits per heavy atom. The van der Waals surface area contributed by atoms with Crippen LogP contribution in [0.15, 0.2) is 24.3 Å². The van der Waals surface area contributed by atoms with Gasteiger partial charge >= 0.3 is 5.97 Å². The normalized spacial score (nSPS) is 26.6. The first-order chi connectivity index (χ1) is 11.0. The Morgan fingerprint density at radius 1 is 1.22 bits per heavy atom. The molecule has 0 saturated heterocycles. The summed E-state index contributed by atoms with van der Waals surface area (Å²) in [5.74, 6) is -1.27. The van der Waals surface area contributed by atoms with Crippen molar-refractivity contribution in [2.24, 2.45) is 5.92 Å². The number of hydrogen-bond acceptors (Lipinski definition) is 5. The molecule has 0 spiro atoms. The van der Waals surface area contributed by atoms with Gasteiger partial charge in [0.05, 0.1) is 18.8 Å². The molecule has 1 saturated carbocycles. The van der Waals surface area contributed by atoms with Crippen LogP contribution < -0.4 is 4.90 Å². The highest BCUT2D eigenvalue weighted by atomic mass is 16.5. The van der Waals surface area contributed by atoms with Crippen LogP contribution in [0.25, 0.3) is 0 Å². The van der Waals surface area contributed by atoms with Crippen molar-refractivity contribution in [3.63, 3.8) is 0 Å². The highest BCUT2D eigenvalue weighted by Gasteiger charge is 2.46. The maximum absolute atomic E-state index is 10.4. The Hall–Kier alpha value is -1.63. The number of anilines is 1. The summed E-state index contributed by atoms with van der Waals surface area (Å²) in [5, 5.41) is 28.5. The second-order valence-corrected chi connectivity index (χ2v) is 5.98. The van der Waals surface area contributed by atoms with E-state index in [9.17, 15) is 15.0 Å². The molecule has 6 heteroatoms. The van der Waals surface area contributed by atoms with Crippen LogP contribution in [0.2, 0.25) is 0 Å². The summed E-state index contributed by atoms with van der Waals surface area (Å²) in [4.78, 5) is 12.5. The number of carboxylic acid groups (broad SMARTS) is 1. The lowest BCUT2D eigenvalue weighted by molar-refractivity contribution is -0.142. The van der Waals surface area contributed by atoms with E-state index in [1.54, 1.807) is 0 Å². The fraction of sp³-hybridized carbons (Fsp3) is 0.588. The standard InChI is InChI=1S/C17H25NO5/c1-3-18(8-9-23-10-14(19)20)13-6-4-12(5-7-13)15-16(21)11(2)17(15)22/h4-7,11,15-17,21-22H,3,8-10H2,1-2H3,(H,19,20). The van der Waals surface area contributed by atoms with Crippen molar-refractivity contribution in [2.75, 3.05) is 31.2 Å². The van der Waals surface area contributed by atoms with Crippen LogP contribution in [-0.4, -0.2) is 59.8 Å². The van der Waals surface area contributed by atoms with E-state index < -0.39 is 18.2 Å².